The maximum absolute atomic E-state index is 9.93. The van der Waals surface area contributed by atoms with Crippen molar-refractivity contribution in [3.8, 4) is 0 Å². The minimum Gasteiger partial charge on any atom is -0.392 e. The van der Waals surface area contributed by atoms with Gasteiger partial charge in [-0.15, -0.1) is 0 Å². The van der Waals surface area contributed by atoms with Crippen LogP contribution in [0.4, 0.5) is 0 Å². The summed E-state index contributed by atoms with van der Waals surface area (Å²) in [4.78, 5) is 2.44. The Labute approximate surface area is 104 Å². The van der Waals surface area contributed by atoms with Crippen molar-refractivity contribution in [2.24, 2.45) is 0 Å². The number of nitrogens with one attached hydrogen (secondary N) is 1. The van der Waals surface area contributed by atoms with Crippen LogP contribution in [0.5, 0.6) is 0 Å². The second-order valence-electron chi connectivity index (χ2n) is 5.44. The molecule has 3 atom stereocenters. The summed E-state index contributed by atoms with van der Waals surface area (Å²) < 4.78 is 5.35. The van der Waals surface area contributed by atoms with Crippen molar-refractivity contribution >= 4 is 0 Å². The van der Waals surface area contributed by atoms with Gasteiger partial charge < -0.3 is 15.2 Å². The zero-order chi connectivity index (χ0) is 12.1. The molecular formula is C13H26N2O2. The van der Waals surface area contributed by atoms with Crippen LogP contribution in [0, 0.1) is 0 Å². The fourth-order valence-electron chi connectivity index (χ4n) is 2.89. The monoisotopic (exact) mass is 242 g/mol. The lowest BCUT2D eigenvalue weighted by atomic mass is 9.92. The van der Waals surface area contributed by atoms with E-state index in [9.17, 15) is 5.11 Å². The van der Waals surface area contributed by atoms with Gasteiger partial charge in [0.15, 0.2) is 0 Å². The summed E-state index contributed by atoms with van der Waals surface area (Å²) in [6.45, 7) is 7.08. The molecule has 1 aliphatic carbocycles. The molecule has 4 nitrogen and oxygen atoms in total. The van der Waals surface area contributed by atoms with Crippen molar-refractivity contribution in [1.29, 1.82) is 0 Å². The Morgan fingerprint density at radius 3 is 2.71 bits per heavy atom. The van der Waals surface area contributed by atoms with Gasteiger partial charge in [-0.25, -0.2) is 0 Å². The van der Waals surface area contributed by atoms with E-state index < -0.39 is 0 Å². The van der Waals surface area contributed by atoms with Crippen LogP contribution < -0.4 is 5.32 Å². The Balaban J connectivity index is 1.70. The number of morpholine rings is 1. The Bertz CT molecular complexity index is 219. The van der Waals surface area contributed by atoms with Crippen LogP contribution in [0.15, 0.2) is 0 Å². The van der Waals surface area contributed by atoms with Gasteiger partial charge in [0.25, 0.3) is 0 Å². The molecule has 1 unspecified atom stereocenters. The largest absolute Gasteiger partial charge is 0.392 e. The molecule has 1 saturated carbocycles. The molecule has 0 bridgehead atoms. The third-order valence-electron chi connectivity index (χ3n) is 3.86. The van der Waals surface area contributed by atoms with Crippen LogP contribution in [0.3, 0.4) is 0 Å². The smallest absolute Gasteiger partial charge is 0.0693 e. The van der Waals surface area contributed by atoms with E-state index in [1.165, 1.54) is 12.8 Å². The summed E-state index contributed by atoms with van der Waals surface area (Å²) in [7, 11) is 0. The summed E-state index contributed by atoms with van der Waals surface area (Å²) in [5.41, 5.74) is 0. The topological polar surface area (TPSA) is 44.7 Å². The van der Waals surface area contributed by atoms with E-state index in [-0.39, 0.29) is 6.10 Å². The summed E-state index contributed by atoms with van der Waals surface area (Å²) >= 11 is 0. The number of nitrogens with zero attached hydrogens (tertiary/aromatic N) is 1. The predicted octanol–water partition coefficient (Wildman–Crippen LogP) is 0.600. The van der Waals surface area contributed by atoms with E-state index in [1.807, 2.05) is 0 Å². The molecule has 0 aromatic heterocycles. The molecule has 0 aromatic carbocycles. The maximum atomic E-state index is 9.93. The normalized spacial score (nSPS) is 33.5. The van der Waals surface area contributed by atoms with Gasteiger partial charge in [0.2, 0.25) is 0 Å². The lowest BCUT2D eigenvalue weighted by Crippen LogP contribution is -2.51. The van der Waals surface area contributed by atoms with E-state index in [0.29, 0.717) is 12.1 Å². The van der Waals surface area contributed by atoms with E-state index >= 15 is 0 Å². The molecule has 1 heterocycles. The Morgan fingerprint density at radius 1 is 1.29 bits per heavy atom. The van der Waals surface area contributed by atoms with E-state index in [1.54, 1.807) is 0 Å². The molecule has 0 amide bonds. The molecule has 0 aromatic rings. The quantitative estimate of drug-likeness (QED) is 0.758. The Kier molecular flexibility index (Phi) is 5.22. The average Bonchev–Trinajstić information content (AvgIpc) is 2.33. The second kappa shape index (κ2) is 6.69. The van der Waals surface area contributed by atoms with Crippen LogP contribution in [0.2, 0.25) is 0 Å². The molecule has 0 spiro atoms. The number of hydrogen-bond donors (Lipinski definition) is 2. The standard InChI is InChI=1S/C13H26N2O2/c1-11(10-15-6-8-17-9-7-15)14-12-4-2-3-5-13(12)16/h11-14,16H,2-10H2,1H3/t11?,12-,13-/m1/s1. The highest BCUT2D eigenvalue weighted by Crippen LogP contribution is 2.18. The van der Waals surface area contributed by atoms with Crippen molar-refractivity contribution in [2.75, 3.05) is 32.8 Å². The van der Waals surface area contributed by atoms with Crippen LogP contribution in [0.25, 0.3) is 0 Å². The zero-order valence-electron chi connectivity index (χ0n) is 10.9. The second-order valence-corrected chi connectivity index (χ2v) is 5.44. The minimum absolute atomic E-state index is 0.143. The molecule has 4 heteroatoms. The third-order valence-corrected chi connectivity index (χ3v) is 3.86. The molecular weight excluding hydrogens is 216 g/mol. The van der Waals surface area contributed by atoms with Crippen molar-refractivity contribution in [3.63, 3.8) is 0 Å². The lowest BCUT2D eigenvalue weighted by Gasteiger charge is -2.34. The fraction of sp³-hybridized carbons (Fsp3) is 1.00. The molecule has 2 fully saturated rings. The molecule has 17 heavy (non-hydrogen) atoms. The number of aliphatic hydroxyl groups is 1. The molecule has 2 N–H and O–H groups in total. The number of aliphatic hydroxyl groups excluding tert-OH is 1. The number of rotatable bonds is 4. The van der Waals surface area contributed by atoms with Gasteiger partial charge in [-0.05, 0) is 19.8 Å². The van der Waals surface area contributed by atoms with Crippen molar-refractivity contribution in [2.45, 2.75) is 50.8 Å². The molecule has 2 aliphatic rings. The SMILES string of the molecule is CC(CN1CCOCC1)N[C@@H]1CCCC[C@H]1O. The summed E-state index contributed by atoms with van der Waals surface area (Å²) in [5, 5.41) is 13.5. The molecule has 1 aliphatic heterocycles. The maximum Gasteiger partial charge on any atom is 0.0693 e. The highest BCUT2D eigenvalue weighted by atomic mass is 16.5. The first-order valence-electron chi connectivity index (χ1n) is 7.00. The van der Waals surface area contributed by atoms with E-state index in [2.05, 4.69) is 17.1 Å². The van der Waals surface area contributed by atoms with Gasteiger partial charge in [0, 0.05) is 31.7 Å². The van der Waals surface area contributed by atoms with Crippen LogP contribution in [-0.2, 0) is 4.74 Å². The number of hydrogen-bond acceptors (Lipinski definition) is 4. The summed E-state index contributed by atoms with van der Waals surface area (Å²) in [6.07, 6.45) is 4.36. The van der Waals surface area contributed by atoms with Crippen molar-refractivity contribution in [3.05, 3.63) is 0 Å². The van der Waals surface area contributed by atoms with E-state index in [4.69, 9.17) is 4.74 Å². The van der Waals surface area contributed by atoms with Crippen LogP contribution in [0.1, 0.15) is 32.6 Å². The van der Waals surface area contributed by atoms with Gasteiger partial charge >= 0.3 is 0 Å². The predicted molar refractivity (Wildman–Crippen MR) is 68.1 cm³/mol. The summed E-state index contributed by atoms with van der Waals surface area (Å²) in [5.74, 6) is 0. The van der Waals surface area contributed by atoms with Gasteiger partial charge in [-0.2, -0.15) is 0 Å². The molecule has 2 rings (SSSR count). The fourth-order valence-corrected chi connectivity index (χ4v) is 2.89. The third kappa shape index (κ3) is 4.21. The first-order valence-corrected chi connectivity index (χ1v) is 7.00. The zero-order valence-corrected chi connectivity index (χ0v) is 10.9. The molecule has 100 valence electrons. The highest BCUT2D eigenvalue weighted by molar-refractivity contribution is 4.83. The van der Waals surface area contributed by atoms with Crippen LogP contribution >= 0.6 is 0 Å². The van der Waals surface area contributed by atoms with E-state index in [0.717, 1.165) is 45.7 Å². The Morgan fingerprint density at radius 2 is 2.00 bits per heavy atom. The minimum atomic E-state index is -0.143. The lowest BCUT2D eigenvalue weighted by molar-refractivity contribution is 0.0300. The number of ether oxygens (including phenoxy) is 1. The highest BCUT2D eigenvalue weighted by Gasteiger charge is 2.24. The first kappa shape index (κ1) is 13.3. The summed E-state index contributed by atoms with van der Waals surface area (Å²) in [6, 6.07) is 0.755. The molecule has 0 radical (unpaired) electrons. The first-order chi connectivity index (χ1) is 8.25. The van der Waals surface area contributed by atoms with Crippen LogP contribution in [-0.4, -0.2) is 61.0 Å². The van der Waals surface area contributed by atoms with Gasteiger partial charge in [0.1, 0.15) is 0 Å². The molecule has 1 saturated heterocycles. The van der Waals surface area contributed by atoms with Crippen molar-refractivity contribution in [1.82, 2.24) is 10.2 Å². The van der Waals surface area contributed by atoms with Gasteiger partial charge in [-0.3, -0.25) is 4.90 Å². The van der Waals surface area contributed by atoms with Gasteiger partial charge in [-0.1, -0.05) is 12.8 Å². The Hall–Kier alpha value is -0.160. The average molecular weight is 242 g/mol. The van der Waals surface area contributed by atoms with Gasteiger partial charge in [0.05, 0.1) is 19.3 Å². The van der Waals surface area contributed by atoms with Crippen molar-refractivity contribution < 1.29 is 9.84 Å².